The van der Waals surface area contributed by atoms with Crippen LogP contribution in [0.1, 0.15) is 6.92 Å². The summed E-state index contributed by atoms with van der Waals surface area (Å²) < 4.78 is 0. The van der Waals surface area contributed by atoms with E-state index < -0.39 is 0 Å². The van der Waals surface area contributed by atoms with Crippen LogP contribution in [0.15, 0.2) is 17.3 Å². The lowest BCUT2D eigenvalue weighted by Crippen LogP contribution is -1.77. The van der Waals surface area contributed by atoms with E-state index in [0.717, 1.165) is 0 Å². The molecule has 0 aliphatic heterocycles. The highest BCUT2D eigenvalue weighted by Gasteiger charge is 1.66. The zero-order chi connectivity index (χ0) is 5.54. The third-order valence-electron chi connectivity index (χ3n) is 0.498. The first-order chi connectivity index (χ1) is 3.41. The van der Waals surface area contributed by atoms with Crippen molar-refractivity contribution in [2.75, 3.05) is 6.61 Å². The first-order valence-electron chi connectivity index (χ1n) is 2.11. The van der Waals surface area contributed by atoms with Crippen LogP contribution in [-0.2, 0) is 4.84 Å². The zero-order valence-corrected chi connectivity index (χ0v) is 4.42. The third kappa shape index (κ3) is 5.21. The van der Waals surface area contributed by atoms with E-state index in [4.69, 9.17) is 0 Å². The second-order valence-electron chi connectivity index (χ2n) is 0.994. The number of allylic oxidation sites excluding steroid dienone is 1. The summed E-state index contributed by atoms with van der Waals surface area (Å²) >= 11 is 0. The summed E-state index contributed by atoms with van der Waals surface area (Å²) in [5.74, 6) is 0. The van der Waals surface area contributed by atoms with Crippen LogP contribution in [0.3, 0.4) is 0 Å². The maximum Gasteiger partial charge on any atom is 0.135 e. The fourth-order valence-electron chi connectivity index (χ4n) is 0.192. The van der Waals surface area contributed by atoms with Crippen LogP contribution < -0.4 is 0 Å². The van der Waals surface area contributed by atoms with Gasteiger partial charge >= 0.3 is 0 Å². The van der Waals surface area contributed by atoms with E-state index in [0.29, 0.717) is 6.61 Å². The molecule has 0 N–H and O–H groups in total. The Balaban J connectivity index is 2.82. The predicted molar refractivity (Wildman–Crippen MR) is 30.3 cm³/mol. The Hall–Kier alpha value is -0.790. The van der Waals surface area contributed by atoms with Crippen LogP contribution in [0.5, 0.6) is 0 Å². The van der Waals surface area contributed by atoms with Gasteiger partial charge in [0.2, 0.25) is 0 Å². The smallest absolute Gasteiger partial charge is 0.135 e. The summed E-state index contributed by atoms with van der Waals surface area (Å²) in [6, 6.07) is 0. The molecule has 40 valence electrons. The highest BCUT2D eigenvalue weighted by atomic mass is 16.6. The Kier molecular flexibility index (Phi) is 4.62. The van der Waals surface area contributed by atoms with Crippen LogP contribution in [0.2, 0.25) is 0 Å². The largest absolute Gasteiger partial charge is 0.392 e. The maximum atomic E-state index is 4.50. The van der Waals surface area contributed by atoms with Crippen molar-refractivity contribution in [2.45, 2.75) is 6.92 Å². The van der Waals surface area contributed by atoms with Crippen molar-refractivity contribution in [3.05, 3.63) is 12.2 Å². The summed E-state index contributed by atoms with van der Waals surface area (Å²) in [5.41, 5.74) is 0. The minimum Gasteiger partial charge on any atom is -0.392 e. The van der Waals surface area contributed by atoms with Gasteiger partial charge in [0.25, 0.3) is 0 Å². The first-order valence-corrected chi connectivity index (χ1v) is 2.11. The SMILES string of the molecule is C=NOCC=CC. The van der Waals surface area contributed by atoms with Crippen molar-refractivity contribution in [1.82, 2.24) is 0 Å². The summed E-state index contributed by atoms with van der Waals surface area (Å²) in [6.45, 7) is 5.58. The topological polar surface area (TPSA) is 21.6 Å². The van der Waals surface area contributed by atoms with Gasteiger partial charge in [0.05, 0.1) is 0 Å². The van der Waals surface area contributed by atoms with E-state index in [-0.39, 0.29) is 0 Å². The summed E-state index contributed by atoms with van der Waals surface area (Å²) in [7, 11) is 0. The van der Waals surface area contributed by atoms with Crippen molar-refractivity contribution in [3.8, 4) is 0 Å². The van der Waals surface area contributed by atoms with E-state index in [1.165, 1.54) is 0 Å². The van der Waals surface area contributed by atoms with E-state index >= 15 is 0 Å². The van der Waals surface area contributed by atoms with E-state index in [2.05, 4.69) is 16.7 Å². The standard InChI is InChI=1S/C5H9NO/c1-3-4-5-7-6-2/h3-4H,2,5H2,1H3. The van der Waals surface area contributed by atoms with Gasteiger partial charge in [-0.05, 0) is 13.0 Å². The second kappa shape index (κ2) is 5.21. The van der Waals surface area contributed by atoms with Crippen LogP contribution in [0, 0.1) is 0 Å². The number of hydrogen-bond acceptors (Lipinski definition) is 2. The van der Waals surface area contributed by atoms with Crippen molar-refractivity contribution >= 4 is 6.72 Å². The molecular weight excluding hydrogens is 90.1 g/mol. The molecule has 2 heteroatoms. The van der Waals surface area contributed by atoms with Crippen LogP contribution in [0.4, 0.5) is 0 Å². The molecule has 0 aromatic carbocycles. The van der Waals surface area contributed by atoms with Crippen molar-refractivity contribution in [3.63, 3.8) is 0 Å². The van der Waals surface area contributed by atoms with Crippen molar-refractivity contribution < 1.29 is 4.84 Å². The molecule has 0 saturated carbocycles. The van der Waals surface area contributed by atoms with Crippen LogP contribution in [-0.4, -0.2) is 13.3 Å². The zero-order valence-electron chi connectivity index (χ0n) is 4.42. The van der Waals surface area contributed by atoms with Crippen LogP contribution >= 0.6 is 0 Å². The van der Waals surface area contributed by atoms with Gasteiger partial charge < -0.3 is 4.84 Å². The molecule has 0 atom stereocenters. The van der Waals surface area contributed by atoms with Gasteiger partial charge in [-0.1, -0.05) is 6.08 Å². The van der Waals surface area contributed by atoms with E-state index in [9.17, 15) is 0 Å². The Morgan fingerprint density at radius 2 is 2.57 bits per heavy atom. The molecule has 0 aliphatic carbocycles. The number of hydrogen-bond donors (Lipinski definition) is 0. The molecule has 2 nitrogen and oxygen atoms in total. The second-order valence-corrected chi connectivity index (χ2v) is 0.994. The molecular formula is C5H9NO. The average molecular weight is 99.1 g/mol. The first kappa shape index (κ1) is 6.21. The molecule has 0 fully saturated rings. The fourth-order valence-corrected chi connectivity index (χ4v) is 0.192. The number of rotatable bonds is 3. The van der Waals surface area contributed by atoms with Gasteiger partial charge in [-0.15, -0.1) is 5.16 Å². The fraction of sp³-hybridized carbons (Fsp3) is 0.400. The third-order valence-corrected chi connectivity index (χ3v) is 0.498. The van der Waals surface area contributed by atoms with Gasteiger partial charge in [-0.2, -0.15) is 0 Å². The predicted octanol–water partition coefficient (Wildman–Crippen LogP) is 1.19. The molecule has 0 heterocycles. The quantitative estimate of drug-likeness (QED) is 0.225. The lowest BCUT2D eigenvalue weighted by Gasteiger charge is -1.85. The lowest BCUT2D eigenvalue weighted by molar-refractivity contribution is 0.177. The Morgan fingerprint density at radius 1 is 1.86 bits per heavy atom. The molecule has 0 aromatic rings. The molecule has 0 bridgehead atoms. The normalized spacial score (nSPS) is 9.29. The van der Waals surface area contributed by atoms with Gasteiger partial charge in [0.1, 0.15) is 6.61 Å². The molecule has 0 unspecified atom stereocenters. The Labute approximate surface area is 43.5 Å². The Morgan fingerprint density at radius 3 is 3.00 bits per heavy atom. The van der Waals surface area contributed by atoms with Gasteiger partial charge in [0, 0.05) is 6.72 Å². The minimum atomic E-state index is 0.528. The molecule has 7 heavy (non-hydrogen) atoms. The lowest BCUT2D eigenvalue weighted by atomic mass is 10.6. The molecule has 0 spiro atoms. The average Bonchev–Trinajstić information content (AvgIpc) is 1.69. The molecule has 0 saturated heterocycles. The van der Waals surface area contributed by atoms with E-state index in [1.54, 1.807) is 0 Å². The monoisotopic (exact) mass is 99.1 g/mol. The summed E-state index contributed by atoms with van der Waals surface area (Å²) in [4.78, 5) is 4.50. The van der Waals surface area contributed by atoms with Crippen LogP contribution in [0.25, 0.3) is 0 Å². The van der Waals surface area contributed by atoms with Crippen molar-refractivity contribution in [2.24, 2.45) is 5.16 Å². The number of nitrogens with zero attached hydrogens (tertiary/aromatic N) is 1. The molecule has 0 aromatic heterocycles. The summed E-state index contributed by atoms with van der Waals surface area (Å²) in [6.07, 6.45) is 3.75. The molecule has 0 radical (unpaired) electrons. The summed E-state index contributed by atoms with van der Waals surface area (Å²) in [5, 5.41) is 3.17. The van der Waals surface area contributed by atoms with Gasteiger partial charge in [0.15, 0.2) is 0 Å². The molecule has 0 amide bonds. The highest BCUT2D eigenvalue weighted by molar-refractivity contribution is 5.21. The molecule has 0 rings (SSSR count). The maximum absolute atomic E-state index is 4.50. The Bertz CT molecular complexity index is 68.5. The van der Waals surface area contributed by atoms with Crippen molar-refractivity contribution in [1.29, 1.82) is 0 Å². The highest BCUT2D eigenvalue weighted by Crippen LogP contribution is 1.73. The van der Waals surface area contributed by atoms with Gasteiger partial charge in [-0.3, -0.25) is 0 Å². The van der Waals surface area contributed by atoms with Gasteiger partial charge in [-0.25, -0.2) is 0 Å². The number of oxime groups is 1. The van der Waals surface area contributed by atoms with E-state index in [1.807, 2.05) is 19.1 Å². The minimum absolute atomic E-state index is 0.528. The molecule has 0 aliphatic rings.